The van der Waals surface area contributed by atoms with E-state index < -0.39 is 0 Å². The number of hydrogen-bond acceptors (Lipinski definition) is 4. The highest BCUT2D eigenvalue weighted by molar-refractivity contribution is 5.95. The van der Waals surface area contributed by atoms with Crippen molar-refractivity contribution >= 4 is 23.2 Å². The lowest BCUT2D eigenvalue weighted by Crippen LogP contribution is -2.30. The fourth-order valence-corrected chi connectivity index (χ4v) is 2.17. The fourth-order valence-electron chi connectivity index (χ4n) is 2.17. The normalized spacial score (nSPS) is 10.2. The van der Waals surface area contributed by atoms with Crippen LogP contribution in [0, 0.1) is 0 Å². The lowest BCUT2D eigenvalue weighted by atomic mass is 10.2. The lowest BCUT2D eigenvalue weighted by molar-refractivity contribution is -0.114. The summed E-state index contributed by atoms with van der Waals surface area (Å²) >= 11 is 0. The van der Waals surface area contributed by atoms with Gasteiger partial charge in [0.25, 0.3) is 5.91 Å². The van der Waals surface area contributed by atoms with Crippen LogP contribution >= 0.6 is 0 Å². The third-order valence-corrected chi connectivity index (χ3v) is 3.37. The molecule has 6 heteroatoms. The highest BCUT2D eigenvalue weighted by Gasteiger charge is 2.07. The smallest absolute Gasteiger partial charge is 0.251 e. The van der Waals surface area contributed by atoms with Gasteiger partial charge in [0.15, 0.2) is 0 Å². The zero-order valence-electron chi connectivity index (χ0n) is 14.6. The molecule has 0 aromatic heterocycles. The molecule has 25 heavy (non-hydrogen) atoms. The van der Waals surface area contributed by atoms with Gasteiger partial charge in [-0.05, 0) is 50.2 Å². The van der Waals surface area contributed by atoms with E-state index in [-0.39, 0.29) is 24.4 Å². The third-order valence-electron chi connectivity index (χ3n) is 3.37. The maximum absolute atomic E-state index is 12.0. The molecule has 2 aromatic rings. The number of ether oxygens (including phenoxy) is 1. The molecular formula is C19H23N3O3. The molecule has 0 heterocycles. The monoisotopic (exact) mass is 341 g/mol. The first-order chi connectivity index (χ1) is 12.0. The van der Waals surface area contributed by atoms with Crippen molar-refractivity contribution in [3.8, 4) is 5.75 Å². The molecule has 0 aliphatic heterocycles. The molecule has 0 spiro atoms. The topological polar surface area (TPSA) is 79.5 Å². The van der Waals surface area contributed by atoms with Crippen molar-refractivity contribution in [2.45, 2.75) is 19.9 Å². The number of hydrogen-bond donors (Lipinski definition) is 3. The summed E-state index contributed by atoms with van der Waals surface area (Å²) in [6.07, 6.45) is 0. The van der Waals surface area contributed by atoms with E-state index in [1.807, 2.05) is 26.0 Å². The number of carbonyl (C=O) groups is 2. The van der Waals surface area contributed by atoms with E-state index in [0.29, 0.717) is 17.0 Å². The summed E-state index contributed by atoms with van der Waals surface area (Å²) in [5.74, 6) is 0.397. The van der Waals surface area contributed by atoms with E-state index in [4.69, 9.17) is 4.74 Å². The minimum atomic E-state index is -0.171. The Morgan fingerprint density at radius 2 is 1.76 bits per heavy atom. The van der Waals surface area contributed by atoms with E-state index in [1.165, 1.54) is 0 Å². The zero-order valence-corrected chi connectivity index (χ0v) is 14.6. The van der Waals surface area contributed by atoms with Crippen LogP contribution in [0.5, 0.6) is 5.75 Å². The van der Waals surface area contributed by atoms with Gasteiger partial charge in [0.1, 0.15) is 5.75 Å². The van der Waals surface area contributed by atoms with E-state index >= 15 is 0 Å². The first-order valence-electron chi connectivity index (χ1n) is 8.06. The Morgan fingerprint density at radius 3 is 2.40 bits per heavy atom. The average molecular weight is 341 g/mol. The van der Waals surface area contributed by atoms with Gasteiger partial charge in [-0.15, -0.1) is 0 Å². The van der Waals surface area contributed by atoms with Gasteiger partial charge < -0.3 is 20.7 Å². The van der Waals surface area contributed by atoms with Gasteiger partial charge in [-0.2, -0.15) is 0 Å². The molecule has 0 bridgehead atoms. The molecule has 0 saturated carbocycles. The number of anilines is 2. The summed E-state index contributed by atoms with van der Waals surface area (Å²) in [5, 5.41) is 8.65. The first kappa shape index (κ1) is 18.3. The van der Waals surface area contributed by atoms with Crippen LogP contribution in [0.1, 0.15) is 24.2 Å². The van der Waals surface area contributed by atoms with Gasteiger partial charge in [0.2, 0.25) is 5.91 Å². The number of amides is 2. The molecule has 6 nitrogen and oxygen atoms in total. The van der Waals surface area contributed by atoms with Crippen LogP contribution in [-0.2, 0) is 4.79 Å². The Labute approximate surface area is 147 Å². The molecule has 0 aliphatic rings. The highest BCUT2D eigenvalue weighted by atomic mass is 16.5. The van der Waals surface area contributed by atoms with E-state index in [9.17, 15) is 9.59 Å². The Balaban J connectivity index is 1.86. The Hall–Kier alpha value is -3.02. The second kappa shape index (κ2) is 8.73. The molecular weight excluding hydrogens is 318 g/mol. The maximum atomic E-state index is 12.0. The third kappa shape index (κ3) is 5.84. The van der Waals surface area contributed by atoms with Crippen molar-refractivity contribution in [3.63, 3.8) is 0 Å². The summed E-state index contributed by atoms with van der Waals surface area (Å²) in [4.78, 5) is 23.9. The van der Waals surface area contributed by atoms with Crippen LogP contribution in [0.15, 0.2) is 48.5 Å². The Kier molecular flexibility index (Phi) is 6.39. The number of benzene rings is 2. The molecule has 0 fully saturated rings. The molecule has 0 aliphatic carbocycles. The van der Waals surface area contributed by atoms with Crippen molar-refractivity contribution in [2.24, 2.45) is 0 Å². The molecule has 0 unspecified atom stereocenters. The van der Waals surface area contributed by atoms with Gasteiger partial charge in [-0.1, -0.05) is 6.07 Å². The second-order valence-electron chi connectivity index (χ2n) is 5.84. The van der Waals surface area contributed by atoms with Gasteiger partial charge in [0, 0.05) is 29.0 Å². The van der Waals surface area contributed by atoms with Crippen LogP contribution < -0.4 is 20.7 Å². The molecule has 2 aromatic carbocycles. The predicted octanol–water partition coefficient (Wildman–Crippen LogP) is 2.88. The average Bonchev–Trinajstić information content (AvgIpc) is 2.60. The number of carbonyl (C=O) groups excluding carboxylic acids is 2. The molecule has 0 saturated heterocycles. The van der Waals surface area contributed by atoms with E-state index in [0.717, 1.165) is 5.69 Å². The predicted molar refractivity (Wildman–Crippen MR) is 99.2 cm³/mol. The van der Waals surface area contributed by atoms with Gasteiger partial charge in [-0.3, -0.25) is 9.59 Å². The highest BCUT2D eigenvalue weighted by Crippen LogP contribution is 2.16. The second-order valence-corrected chi connectivity index (χ2v) is 5.84. The minimum Gasteiger partial charge on any atom is -0.497 e. The lowest BCUT2D eigenvalue weighted by Gasteiger charge is -2.10. The minimum absolute atomic E-state index is 0.0885. The van der Waals surface area contributed by atoms with Crippen LogP contribution in [0.4, 0.5) is 11.4 Å². The first-order valence-corrected chi connectivity index (χ1v) is 8.06. The number of rotatable bonds is 7. The summed E-state index contributed by atoms with van der Waals surface area (Å²) in [5.41, 5.74) is 2.02. The van der Waals surface area contributed by atoms with Gasteiger partial charge >= 0.3 is 0 Å². The van der Waals surface area contributed by atoms with E-state index in [2.05, 4.69) is 16.0 Å². The summed E-state index contributed by atoms with van der Waals surface area (Å²) < 4.78 is 5.12. The maximum Gasteiger partial charge on any atom is 0.251 e. The molecule has 0 atom stereocenters. The van der Waals surface area contributed by atoms with Gasteiger partial charge in [-0.25, -0.2) is 0 Å². The van der Waals surface area contributed by atoms with E-state index in [1.54, 1.807) is 43.5 Å². The Bertz CT molecular complexity index is 727. The number of methoxy groups -OCH3 is 1. The summed E-state index contributed by atoms with van der Waals surface area (Å²) in [6, 6.07) is 14.2. The van der Waals surface area contributed by atoms with Crippen LogP contribution in [0.2, 0.25) is 0 Å². The zero-order chi connectivity index (χ0) is 18.2. The molecule has 2 rings (SSSR count). The molecule has 3 N–H and O–H groups in total. The van der Waals surface area contributed by atoms with Gasteiger partial charge in [0.05, 0.1) is 13.7 Å². The standard InChI is InChI=1S/C19H23N3O3/c1-13(2)21-19(24)14-7-9-15(10-8-14)20-12-18(23)22-16-5-4-6-17(11-16)25-3/h4-11,13,20H,12H2,1-3H3,(H,21,24)(H,22,23). The molecule has 0 radical (unpaired) electrons. The van der Waals surface area contributed by atoms with Crippen molar-refractivity contribution in [1.29, 1.82) is 0 Å². The van der Waals surface area contributed by atoms with Crippen LogP contribution in [0.25, 0.3) is 0 Å². The largest absolute Gasteiger partial charge is 0.497 e. The van der Waals surface area contributed by atoms with Crippen molar-refractivity contribution in [3.05, 3.63) is 54.1 Å². The summed E-state index contributed by atoms with van der Waals surface area (Å²) in [7, 11) is 1.58. The quantitative estimate of drug-likeness (QED) is 0.723. The Morgan fingerprint density at radius 1 is 1.04 bits per heavy atom. The molecule has 132 valence electrons. The van der Waals surface area contributed by atoms with Crippen molar-refractivity contribution < 1.29 is 14.3 Å². The van der Waals surface area contributed by atoms with Crippen LogP contribution in [0.3, 0.4) is 0 Å². The van der Waals surface area contributed by atoms with Crippen molar-refractivity contribution in [1.82, 2.24) is 5.32 Å². The SMILES string of the molecule is COc1cccc(NC(=O)CNc2ccc(C(=O)NC(C)C)cc2)c1. The fraction of sp³-hybridized carbons (Fsp3) is 0.263. The van der Waals surface area contributed by atoms with Crippen LogP contribution in [-0.4, -0.2) is 31.5 Å². The number of nitrogens with one attached hydrogen (secondary N) is 3. The van der Waals surface area contributed by atoms with Crippen molar-refractivity contribution in [2.75, 3.05) is 24.3 Å². The summed E-state index contributed by atoms with van der Waals surface area (Å²) in [6.45, 7) is 3.94. The molecule has 2 amide bonds.